The molecule has 2 heterocycles. The summed E-state index contributed by atoms with van der Waals surface area (Å²) in [5, 5.41) is 9.30. The molecule has 0 unspecified atom stereocenters. The summed E-state index contributed by atoms with van der Waals surface area (Å²) >= 11 is 1.40. The van der Waals surface area contributed by atoms with E-state index >= 15 is 0 Å². The highest BCUT2D eigenvalue weighted by atomic mass is 32.2. The van der Waals surface area contributed by atoms with Crippen molar-refractivity contribution in [2.75, 3.05) is 5.75 Å². The molecule has 5 nitrogen and oxygen atoms in total. The first-order valence-electron chi connectivity index (χ1n) is 8.02. The highest BCUT2D eigenvalue weighted by Crippen LogP contribution is 2.25. The maximum Gasteiger partial charge on any atom is 0.192 e. The predicted molar refractivity (Wildman–Crippen MR) is 101 cm³/mol. The number of rotatable bonds is 7. The van der Waals surface area contributed by atoms with Crippen LogP contribution in [0.15, 0.2) is 54.2 Å². The van der Waals surface area contributed by atoms with Crippen LogP contribution in [0.4, 0.5) is 0 Å². The molecule has 1 N–H and O–H groups in total. The Kier molecular flexibility index (Phi) is 5.19. The van der Waals surface area contributed by atoms with Crippen LogP contribution in [0, 0.1) is 13.8 Å². The van der Waals surface area contributed by atoms with E-state index in [1.54, 1.807) is 6.08 Å². The van der Waals surface area contributed by atoms with E-state index in [0.29, 0.717) is 12.3 Å². The van der Waals surface area contributed by atoms with E-state index in [-0.39, 0.29) is 5.78 Å². The SMILES string of the molecule is C=CCn1c(SCC(=O)c2cc(C)[nH]c2C)nnc1-c1ccccc1. The number of H-pyrrole nitrogens is 1. The van der Waals surface area contributed by atoms with E-state index < -0.39 is 0 Å². The van der Waals surface area contributed by atoms with Gasteiger partial charge in [0.05, 0.1) is 5.75 Å². The Morgan fingerprint density at radius 2 is 2.04 bits per heavy atom. The highest BCUT2D eigenvalue weighted by Gasteiger charge is 2.17. The van der Waals surface area contributed by atoms with E-state index in [9.17, 15) is 4.79 Å². The molecule has 128 valence electrons. The third-order valence-corrected chi connectivity index (χ3v) is 4.81. The van der Waals surface area contributed by atoms with Gasteiger partial charge in [-0.2, -0.15) is 0 Å². The zero-order valence-corrected chi connectivity index (χ0v) is 15.1. The van der Waals surface area contributed by atoms with Crippen LogP contribution in [0.5, 0.6) is 0 Å². The summed E-state index contributed by atoms with van der Waals surface area (Å²) in [6.07, 6.45) is 1.81. The molecule has 0 fully saturated rings. The summed E-state index contributed by atoms with van der Waals surface area (Å²) in [5.41, 5.74) is 3.63. The Morgan fingerprint density at radius 3 is 2.68 bits per heavy atom. The zero-order chi connectivity index (χ0) is 17.8. The molecule has 0 aliphatic rings. The molecule has 0 saturated carbocycles. The van der Waals surface area contributed by atoms with E-state index in [4.69, 9.17) is 0 Å². The Balaban J connectivity index is 1.81. The van der Waals surface area contributed by atoms with Crippen LogP contribution in [0.3, 0.4) is 0 Å². The summed E-state index contributed by atoms with van der Waals surface area (Å²) in [5.74, 6) is 1.19. The number of carbonyl (C=O) groups excluding carboxylic acids is 1. The van der Waals surface area contributed by atoms with Gasteiger partial charge in [-0.1, -0.05) is 48.2 Å². The van der Waals surface area contributed by atoms with Gasteiger partial charge in [-0.25, -0.2) is 0 Å². The smallest absolute Gasteiger partial charge is 0.192 e. The van der Waals surface area contributed by atoms with Crippen LogP contribution < -0.4 is 0 Å². The number of benzene rings is 1. The van der Waals surface area contributed by atoms with Gasteiger partial charge >= 0.3 is 0 Å². The highest BCUT2D eigenvalue weighted by molar-refractivity contribution is 7.99. The summed E-state index contributed by atoms with van der Waals surface area (Å²) in [6.45, 7) is 8.27. The first-order chi connectivity index (χ1) is 12.1. The van der Waals surface area contributed by atoms with Gasteiger partial charge in [-0.05, 0) is 19.9 Å². The fraction of sp³-hybridized carbons (Fsp3) is 0.211. The minimum atomic E-state index is 0.0845. The van der Waals surface area contributed by atoms with Crippen molar-refractivity contribution in [3.8, 4) is 11.4 Å². The minimum Gasteiger partial charge on any atom is -0.362 e. The summed E-state index contributed by atoms with van der Waals surface area (Å²) in [4.78, 5) is 15.6. The minimum absolute atomic E-state index is 0.0845. The van der Waals surface area contributed by atoms with Gasteiger partial charge in [0, 0.05) is 29.1 Å². The number of aromatic nitrogens is 4. The van der Waals surface area contributed by atoms with Crippen molar-refractivity contribution in [3.05, 3.63) is 66.0 Å². The lowest BCUT2D eigenvalue weighted by Gasteiger charge is -2.07. The average molecular weight is 352 g/mol. The Labute approximate surface area is 151 Å². The Bertz CT molecular complexity index is 896. The summed E-state index contributed by atoms with van der Waals surface area (Å²) in [7, 11) is 0. The van der Waals surface area contributed by atoms with Crippen molar-refractivity contribution in [2.45, 2.75) is 25.5 Å². The first kappa shape index (κ1) is 17.2. The predicted octanol–water partition coefficient (Wildman–Crippen LogP) is 4.05. The number of carbonyl (C=O) groups is 1. The fourth-order valence-corrected chi connectivity index (χ4v) is 3.54. The number of ketones is 1. The van der Waals surface area contributed by atoms with Crippen LogP contribution in [-0.2, 0) is 6.54 Å². The number of aryl methyl sites for hydroxylation is 2. The molecule has 1 aromatic carbocycles. The van der Waals surface area contributed by atoms with Gasteiger partial charge in [-0.15, -0.1) is 16.8 Å². The van der Waals surface area contributed by atoms with Crippen molar-refractivity contribution in [3.63, 3.8) is 0 Å². The van der Waals surface area contributed by atoms with Crippen LogP contribution in [0.25, 0.3) is 11.4 Å². The molecule has 6 heteroatoms. The lowest BCUT2D eigenvalue weighted by molar-refractivity contribution is 0.102. The molecular formula is C19H20N4OS. The van der Waals surface area contributed by atoms with E-state index in [1.807, 2.05) is 54.8 Å². The normalized spacial score (nSPS) is 10.8. The van der Waals surface area contributed by atoms with Crippen molar-refractivity contribution in [1.29, 1.82) is 0 Å². The number of aromatic amines is 1. The van der Waals surface area contributed by atoms with Crippen molar-refractivity contribution < 1.29 is 4.79 Å². The first-order valence-corrected chi connectivity index (χ1v) is 9.00. The largest absolute Gasteiger partial charge is 0.362 e. The molecule has 3 aromatic rings. The van der Waals surface area contributed by atoms with Crippen LogP contribution in [0.1, 0.15) is 21.7 Å². The van der Waals surface area contributed by atoms with Crippen LogP contribution >= 0.6 is 11.8 Å². The zero-order valence-electron chi connectivity index (χ0n) is 14.3. The second kappa shape index (κ2) is 7.53. The maximum atomic E-state index is 12.5. The molecule has 0 saturated heterocycles. The fourth-order valence-electron chi connectivity index (χ4n) is 2.71. The molecule has 0 spiro atoms. The Hall–Kier alpha value is -2.60. The average Bonchev–Trinajstić information content (AvgIpc) is 3.16. The van der Waals surface area contributed by atoms with Crippen LogP contribution in [0.2, 0.25) is 0 Å². The number of Topliss-reactive ketones (excluding diaryl/α,β-unsaturated/α-hetero) is 1. The summed E-state index contributed by atoms with van der Waals surface area (Å²) < 4.78 is 1.98. The lowest BCUT2D eigenvalue weighted by Crippen LogP contribution is -2.06. The second-order valence-corrected chi connectivity index (χ2v) is 6.72. The molecule has 0 atom stereocenters. The van der Waals surface area contributed by atoms with Crippen molar-refractivity contribution >= 4 is 17.5 Å². The number of hydrogen-bond acceptors (Lipinski definition) is 4. The van der Waals surface area contributed by atoms with Gasteiger partial charge in [0.25, 0.3) is 0 Å². The number of nitrogens with zero attached hydrogens (tertiary/aromatic N) is 3. The summed E-state index contributed by atoms with van der Waals surface area (Å²) in [6, 6.07) is 11.8. The molecule has 0 radical (unpaired) electrons. The number of nitrogens with one attached hydrogen (secondary N) is 1. The van der Waals surface area contributed by atoms with E-state index in [0.717, 1.165) is 33.5 Å². The van der Waals surface area contributed by atoms with Gasteiger partial charge in [-0.3, -0.25) is 9.36 Å². The molecular weight excluding hydrogens is 332 g/mol. The molecule has 0 bridgehead atoms. The van der Waals surface area contributed by atoms with Gasteiger partial charge in [0.15, 0.2) is 16.8 Å². The quantitative estimate of drug-likeness (QED) is 0.396. The van der Waals surface area contributed by atoms with Gasteiger partial charge < -0.3 is 4.98 Å². The second-order valence-electron chi connectivity index (χ2n) is 5.77. The Morgan fingerprint density at radius 1 is 1.28 bits per heavy atom. The van der Waals surface area contributed by atoms with Gasteiger partial charge in [0.2, 0.25) is 0 Å². The molecule has 2 aromatic heterocycles. The molecule has 0 amide bonds. The third-order valence-electron chi connectivity index (χ3n) is 3.84. The molecule has 3 rings (SSSR count). The molecule has 25 heavy (non-hydrogen) atoms. The number of thioether (sulfide) groups is 1. The third kappa shape index (κ3) is 3.74. The van der Waals surface area contributed by atoms with Crippen molar-refractivity contribution in [2.24, 2.45) is 0 Å². The lowest BCUT2D eigenvalue weighted by atomic mass is 10.2. The topological polar surface area (TPSA) is 63.6 Å². The number of hydrogen-bond donors (Lipinski definition) is 1. The molecule has 0 aliphatic carbocycles. The standard InChI is InChI=1S/C19H20N4OS/c1-4-10-23-18(15-8-6-5-7-9-15)21-22-19(23)25-12-17(24)16-11-13(2)20-14(16)3/h4-9,11,20H,1,10,12H2,2-3H3. The monoisotopic (exact) mass is 352 g/mol. The van der Waals surface area contributed by atoms with E-state index in [1.165, 1.54) is 11.8 Å². The van der Waals surface area contributed by atoms with Gasteiger partial charge in [0.1, 0.15) is 0 Å². The van der Waals surface area contributed by atoms with Crippen molar-refractivity contribution in [1.82, 2.24) is 19.7 Å². The number of allylic oxidation sites excluding steroid dienone is 1. The van der Waals surface area contributed by atoms with E-state index in [2.05, 4.69) is 21.8 Å². The van der Waals surface area contributed by atoms with Crippen LogP contribution in [-0.4, -0.2) is 31.3 Å². The maximum absolute atomic E-state index is 12.5. The molecule has 0 aliphatic heterocycles.